The van der Waals surface area contributed by atoms with Gasteiger partial charge in [0.25, 0.3) is 0 Å². The van der Waals surface area contributed by atoms with Crippen LogP contribution in [-0.2, 0) is 6.42 Å². The van der Waals surface area contributed by atoms with Gasteiger partial charge in [-0.1, -0.05) is 32.4 Å². The van der Waals surface area contributed by atoms with Gasteiger partial charge in [0.2, 0.25) is 0 Å². The molecule has 2 nitrogen and oxygen atoms in total. The Morgan fingerprint density at radius 3 is 2.13 bits per heavy atom. The highest BCUT2D eigenvalue weighted by atomic mass is 35.5. The van der Waals surface area contributed by atoms with Gasteiger partial charge in [-0.05, 0) is 43.3 Å². The normalized spacial score (nSPS) is 9.33. The minimum Gasteiger partial charge on any atom is -0.508 e. The lowest BCUT2D eigenvalue weighted by Gasteiger charge is -1.99. The first-order valence-corrected chi connectivity index (χ1v) is 5.71. The van der Waals surface area contributed by atoms with Crippen molar-refractivity contribution in [2.45, 2.75) is 27.2 Å². The Kier molecular flexibility index (Phi) is 8.15. The van der Waals surface area contributed by atoms with E-state index in [4.69, 9.17) is 11.6 Å². The third-order valence-electron chi connectivity index (χ3n) is 1.92. The lowest BCUT2D eigenvalue weighted by atomic mass is 10.1. The number of hydrogen-bond acceptors (Lipinski definition) is 2. The summed E-state index contributed by atoms with van der Waals surface area (Å²) >= 11 is 5.68. The molecule has 0 atom stereocenters. The van der Waals surface area contributed by atoms with Crippen LogP contribution in [-0.4, -0.2) is 18.2 Å². The third-order valence-corrected chi connectivity index (χ3v) is 2.16. The Labute approximate surface area is 97.3 Å². The van der Waals surface area contributed by atoms with Crippen molar-refractivity contribution in [1.29, 1.82) is 0 Å². The highest BCUT2D eigenvalue weighted by Crippen LogP contribution is 2.21. The van der Waals surface area contributed by atoms with E-state index in [1.807, 2.05) is 6.92 Å². The fraction of sp³-hybridized carbons (Fsp3) is 0.500. The van der Waals surface area contributed by atoms with Gasteiger partial charge in [0.05, 0.1) is 0 Å². The number of phenolic OH excluding ortho intramolecular Hbond substituents is 1. The Morgan fingerprint density at radius 2 is 1.80 bits per heavy atom. The Balaban J connectivity index is 0.000000336. The monoisotopic (exact) mass is 229 g/mol. The van der Waals surface area contributed by atoms with Crippen LogP contribution in [0.5, 0.6) is 5.75 Å². The van der Waals surface area contributed by atoms with Gasteiger partial charge < -0.3 is 10.4 Å². The molecule has 0 aliphatic rings. The standard InChI is InChI=1S/C8H9ClO.C4H11N/c1-2-6-5-7(9)3-4-8(6)10;1-3-5-4-2/h3-5,10H,2H2,1H3;5H,3-4H2,1-2H3. The van der Waals surface area contributed by atoms with Crippen molar-refractivity contribution < 1.29 is 5.11 Å². The van der Waals surface area contributed by atoms with Crippen LogP contribution in [0.2, 0.25) is 5.02 Å². The van der Waals surface area contributed by atoms with Crippen LogP contribution in [0.4, 0.5) is 0 Å². The molecular weight excluding hydrogens is 210 g/mol. The zero-order valence-corrected chi connectivity index (χ0v) is 10.4. The number of benzene rings is 1. The second-order valence-electron chi connectivity index (χ2n) is 3.08. The Bertz CT molecular complexity index is 274. The molecule has 0 aliphatic heterocycles. The number of aryl methyl sites for hydroxylation is 1. The smallest absolute Gasteiger partial charge is 0.118 e. The molecule has 0 radical (unpaired) electrons. The maximum atomic E-state index is 9.18. The highest BCUT2D eigenvalue weighted by Gasteiger charge is 1.97. The average Bonchev–Trinajstić information content (AvgIpc) is 2.24. The van der Waals surface area contributed by atoms with Crippen LogP contribution in [0.3, 0.4) is 0 Å². The number of aromatic hydroxyl groups is 1. The Morgan fingerprint density at radius 1 is 1.20 bits per heavy atom. The predicted molar refractivity (Wildman–Crippen MR) is 66.7 cm³/mol. The van der Waals surface area contributed by atoms with Crippen LogP contribution in [0.15, 0.2) is 18.2 Å². The molecule has 86 valence electrons. The zero-order valence-electron chi connectivity index (χ0n) is 9.68. The summed E-state index contributed by atoms with van der Waals surface area (Å²) in [6, 6.07) is 5.06. The highest BCUT2D eigenvalue weighted by molar-refractivity contribution is 6.30. The molecule has 3 heteroatoms. The van der Waals surface area contributed by atoms with E-state index < -0.39 is 0 Å². The van der Waals surface area contributed by atoms with Gasteiger partial charge in [0.1, 0.15) is 5.75 Å². The summed E-state index contributed by atoms with van der Waals surface area (Å²) in [5.41, 5.74) is 0.896. The number of nitrogens with one attached hydrogen (secondary N) is 1. The van der Waals surface area contributed by atoms with Crippen molar-refractivity contribution in [2.75, 3.05) is 13.1 Å². The minimum absolute atomic E-state index is 0.326. The van der Waals surface area contributed by atoms with E-state index >= 15 is 0 Å². The molecule has 15 heavy (non-hydrogen) atoms. The minimum atomic E-state index is 0.326. The fourth-order valence-corrected chi connectivity index (χ4v) is 1.28. The molecular formula is C12H20ClNO. The fourth-order valence-electron chi connectivity index (χ4n) is 1.09. The summed E-state index contributed by atoms with van der Waals surface area (Å²) in [4.78, 5) is 0. The van der Waals surface area contributed by atoms with Gasteiger partial charge in [0.15, 0.2) is 0 Å². The van der Waals surface area contributed by atoms with E-state index in [1.54, 1.807) is 18.2 Å². The third kappa shape index (κ3) is 6.37. The second kappa shape index (κ2) is 8.57. The summed E-state index contributed by atoms with van der Waals surface area (Å²) in [5.74, 6) is 0.326. The number of halogens is 1. The molecule has 0 spiro atoms. The molecule has 0 bridgehead atoms. The predicted octanol–water partition coefficient (Wildman–Crippen LogP) is 3.22. The van der Waals surface area contributed by atoms with Crippen molar-refractivity contribution in [2.24, 2.45) is 0 Å². The Hall–Kier alpha value is -0.730. The molecule has 1 aromatic carbocycles. The summed E-state index contributed by atoms with van der Waals surface area (Å²) in [5, 5.41) is 13.0. The van der Waals surface area contributed by atoms with E-state index in [0.717, 1.165) is 25.1 Å². The molecule has 0 unspecified atom stereocenters. The van der Waals surface area contributed by atoms with Crippen LogP contribution in [0.25, 0.3) is 0 Å². The topological polar surface area (TPSA) is 32.3 Å². The number of hydrogen-bond donors (Lipinski definition) is 2. The first kappa shape index (κ1) is 14.3. The SMILES string of the molecule is CCNCC.CCc1cc(Cl)ccc1O. The number of rotatable bonds is 3. The van der Waals surface area contributed by atoms with Crippen molar-refractivity contribution in [3.8, 4) is 5.75 Å². The van der Waals surface area contributed by atoms with E-state index in [9.17, 15) is 5.11 Å². The summed E-state index contributed by atoms with van der Waals surface area (Å²) in [6.45, 7) is 8.37. The zero-order chi connectivity index (χ0) is 11.7. The molecule has 0 saturated heterocycles. The summed E-state index contributed by atoms with van der Waals surface area (Å²) in [7, 11) is 0. The maximum absolute atomic E-state index is 9.18. The van der Waals surface area contributed by atoms with E-state index in [1.165, 1.54) is 0 Å². The quantitative estimate of drug-likeness (QED) is 0.834. The van der Waals surface area contributed by atoms with E-state index in [-0.39, 0.29) is 0 Å². The molecule has 0 aliphatic carbocycles. The van der Waals surface area contributed by atoms with Crippen LogP contribution in [0.1, 0.15) is 26.3 Å². The summed E-state index contributed by atoms with van der Waals surface area (Å²) in [6.07, 6.45) is 0.812. The largest absolute Gasteiger partial charge is 0.508 e. The molecule has 1 aromatic rings. The second-order valence-corrected chi connectivity index (χ2v) is 3.52. The van der Waals surface area contributed by atoms with Gasteiger partial charge in [-0.3, -0.25) is 0 Å². The molecule has 0 heterocycles. The molecule has 2 N–H and O–H groups in total. The number of phenols is 1. The van der Waals surface area contributed by atoms with Crippen molar-refractivity contribution in [1.82, 2.24) is 5.32 Å². The van der Waals surface area contributed by atoms with E-state index in [0.29, 0.717) is 10.8 Å². The lowest BCUT2D eigenvalue weighted by Crippen LogP contribution is -2.09. The van der Waals surface area contributed by atoms with Gasteiger partial charge in [-0.15, -0.1) is 0 Å². The molecule has 0 amide bonds. The van der Waals surface area contributed by atoms with Gasteiger partial charge >= 0.3 is 0 Å². The van der Waals surface area contributed by atoms with Crippen molar-refractivity contribution >= 4 is 11.6 Å². The van der Waals surface area contributed by atoms with Crippen LogP contribution in [0, 0.1) is 0 Å². The maximum Gasteiger partial charge on any atom is 0.118 e. The molecule has 0 saturated carbocycles. The van der Waals surface area contributed by atoms with Gasteiger partial charge in [-0.25, -0.2) is 0 Å². The van der Waals surface area contributed by atoms with Crippen LogP contribution >= 0.6 is 11.6 Å². The summed E-state index contributed by atoms with van der Waals surface area (Å²) < 4.78 is 0. The van der Waals surface area contributed by atoms with Crippen LogP contribution < -0.4 is 5.32 Å². The van der Waals surface area contributed by atoms with Gasteiger partial charge in [-0.2, -0.15) is 0 Å². The molecule has 0 fully saturated rings. The van der Waals surface area contributed by atoms with Crippen molar-refractivity contribution in [3.05, 3.63) is 28.8 Å². The first-order valence-electron chi connectivity index (χ1n) is 5.33. The lowest BCUT2D eigenvalue weighted by molar-refractivity contribution is 0.469. The van der Waals surface area contributed by atoms with E-state index in [2.05, 4.69) is 19.2 Å². The van der Waals surface area contributed by atoms with Gasteiger partial charge in [0, 0.05) is 5.02 Å². The average molecular weight is 230 g/mol. The molecule has 1 rings (SSSR count). The first-order chi connectivity index (χ1) is 7.15. The molecule has 0 aromatic heterocycles. The van der Waals surface area contributed by atoms with Crippen molar-refractivity contribution in [3.63, 3.8) is 0 Å².